The van der Waals surface area contributed by atoms with E-state index in [-0.39, 0.29) is 11.8 Å². The number of ketones is 1. The second kappa shape index (κ2) is 5.52. The molecule has 0 saturated carbocycles. The Kier molecular flexibility index (Phi) is 4.21. The molecule has 1 aromatic heterocycles. The molecule has 3 nitrogen and oxygen atoms in total. The molecule has 0 spiro atoms. The van der Waals surface area contributed by atoms with Gasteiger partial charge in [0, 0.05) is 25.8 Å². The quantitative estimate of drug-likeness (QED) is 0.556. The van der Waals surface area contributed by atoms with Crippen molar-refractivity contribution in [1.82, 2.24) is 9.78 Å². The smallest absolute Gasteiger partial charge is 0.212 e. The van der Waals surface area contributed by atoms with E-state index in [4.69, 9.17) is 0 Å². The highest BCUT2D eigenvalue weighted by Gasteiger charge is 2.18. The largest absolute Gasteiger partial charge is 0.287 e. The van der Waals surface area contributed by atoms with Crippen molar-refractivity contribution in [2.24, 2.45) is 0 Å². The summed E-state index contributed by atoms with van der Waals surface area (Å²) in [5.74, 6) is 0.00639. The Morgan fingerprint density at radius 1 is 1.39 bits per heavy atom. The molecule has 0 radical (unpaired) electrons. The van der Waals surface area contributed by atoms with Gasteiger partial charge in [-0.1, -0.05) is 15.9 Å². The van der Waals surface area contributed by atoms with Crippen LogP contribution in [0.15, 0.2) is 34.9 Å². The van der Waals surface area contributed by atoms with Crippen LogP contribution in [0.4, 0.5) is 0 Å². The number of hydrogen-bond donors (Lipinski definition) is 0. The summed E-state index contributed by atoms with van der Waals surface area (Å²) in [5, 5.41) is 4.20. The Morgan fingerprint density at radius 3 is 2.78 bits per heavy atom. The molecular weight excluding hydrogens is 407 g/mol. The van der Waals surface area contributed by atoms with Gasteiger partial charge in [0.15, 0.2) is 0 Å². The van der Waals surface area contributed by atoms with Crippen molar-refractivity contribution >= 4 is 44.3 Å². The fraction of sp³-hybridized carbons (Fsp3) is 0.231. The maximum atomic E-state index is 12.5. The number of rotatable bonds is 3. The lowest BCUT2D eigenvalue weighted by Gasteiger charge is -2.11. The molecule has 0 fully saturated rings. The number of aromatic nitrogens is 2. The maximum Gasteiger partial charge on any atom is 0.212 e. The first kappa shape index (κ1) is 13.7. The van der Waals surface area contributed by atoms with E-state index in [2.05, 4.69) is 43.6 Å². The van der Waals surface area contributed by atoms with Gasteiger partial charge in [-0.3, -0.25) is 9.48 Å². The molecule has 0 atom stereocenters. The second-order valence-electron chi connectivity index (χ2n) is 4.21. The fourth-order valence-corrected chi connectivity index (χ4v) is 2.66. The summed E-state index contributed by atoms with van der Waals surface area (Å²) in [7, 11) is 0. The van der Waals surface area contributed by atoms with Crippen LogP contribution in [-0.2, 0) is 0 Å². The summed E-state index contributed by atoms with van der Waals surface area (Å²) in [6.07, 6.45) is 1.66. The average molecular weight is 419 g/mol. The predicted molar refractivity (Wildman–Crippen MR) is 82.9 cm³/mol. The third-order valence-corrected chi connectivity index (χ3v) is 4.00. The van der Waals surface area contributed by atoms with Crippen LogP contribution in [0.5, 0.6) is 0 Å². The summed E-state index contributed by atoms with van der Waals surface area (Å²) in [5.41, 5.74) is 1.33. The van der Waals surface area contributed by atoms with Crippen molar-refractivity contribution in [1.29, 1.82) is 0 Å². The first-order chi connectivity index (χ1) is 8.50. The highest BCUT2D eigenvalue weighted by Crippen LogP contribution is 2.22. The Morgan fingerprint density at radius 2 is 2.11 bits per heavy atom. The van der Waals surface area contributed by atoms with E-state index in [1.165, 1.54) is 0 Å². The molecule has 1 aromatic carbocycles. The molecule has 0 amide bonds. The maximum absolute atomic E-state index is 12.5. The first-order valence-electron chi connectivity index (χ1n) is 5.54. The molecule has 0 aliphatic heterocycles. The van der Waals surface area contributed by atoms with Crippen molar-refractivity contribution in [3.63, 3.8) is 0 Å². The molecular formula is C13H12BrIN2O. The molecule has 2 rings (SSSR count). The number of halogens is 2. The molecule has 0 N–H and O–H groups in total. The van der Waals surface area contributed by atoms with Gasteiger partial charge in [0.1, 0.15) is 5.69 Å². The molecule has 0 aliphatic rings. The summed E-state index contributed by atoms with van der Waals surface area (Å²) in [6.45, 7) is 4.02. The van der Waals surface area contributed by atoms with Crippen LogP contribution in [-0.4, -0.2) is 15.6 Å². The van der Waals surface area contributed by atoms with Crippen molar-refractivity contribution in [3.05, 3.63) is 49.8 Å². The fourth-order valence-electron chi connectivity index (χ4n) is 1.72. The van der Waals surface area contributed by atoms with Crippen molar-refractivity contribution in [3.8, 4) is 0 Å². The van der Waals surface area contributed by atoms with Crippen LogP contribution in [0.25, 0.3) is 0 Å². The lowest BCUT2D eigenvalue weighted by molar-refractivity contribution is 0.102. The first-order valence-corrected chi connectivity index (χ1v) is 7.41. The zero-order valence-corrected chi connectivity index (χ0v) is 13.8. The molecule has 5 heteroatoms. The van der Waals surface area contributed by atoms with E-state index < -0.39 is 0 Å². The van der Waals surface area contributed by atoms with Crippen LogP contribution in [0, 0.1) is 3.57 Å². The molecule has 18 heavy (non-hydrogen) atoms. The highest BCUT2D eigenvalue weighted by molar-refractivity contribution is 14.1. The second-order valence-corrected chi connectivity index (χ2v) is 6.29. The third kappa shape index (κ3) is 2.66. The SMILES string of the molecule is CC(C)n1nccc1C(=O)c1cc(Br)ccc1I. The van der Waals surface area contributed by atoms with Crippen LogP contribution in [0.3, 0.4) is 0 Å². The molecule has 0 saturated heterocycles. The molecule has 94 valence electrons. The molecule has 0 unspecified atom stereocenters. The summed E-state index contributed by atoms with van der Waals surface area (Å²) < 4.78 is 3.60. The van der Waals surface area contributed by atoms with Gasteiger partial charge in [-0.05, 0) is 60.7 Å². The van der Waals surface area contributed by atoms with Crippen LogP contribution < -0.4 is 0 Å². The van der Waals surface area contributed by atoms with Crippen molar-refractivity contribution in [2.45, 2.75) is 19.9 Å². The van der Waals surface area contributed by atoms with Gasteiger partial charge in [-0.25, -0.2) is 0 Å². The number of hydrogen-bond acceptors (Lipinski definition) is 2. The van der Waals surface area contributed by atoms with Gasteiger partial charge >= 0.3 is 0 Å². The van der Waals surface area contributed by atoms with Crippen LogP contribution in [0.2, 0.25) is 0 Å². The standard InChI is InChI=1S/C13H12BrIN2O/c1-8(2)17-12(5-6-16-17)13(18)10-7-9(14)3-4-11(10)15/h3-8H,1-2H3. The minimum absolute atomic E-state index is 0.00639. The monoisotopic (exact) mass is 418 g/mol. The van der Waals surface area contributed by atoms with E-state index >= 15 is 0 Å². The average Bonchev–Trinajstić information content (AvgIpc) is 2.80. The van der Waals surface area contributed by atoms with Gasteiger partial charge in [0.25, 0.3) is 0 Å². The van der Waals surface area contributed by atoms with E-state index in [9.17, 15) is 4.79 Å². The normalized spacial score (nSPS) is 10.9. The van der Waals surface area contributed by atoms with E-state index in [0.29, 0.717) is 11.3 Å². The number of carbonyl (C=O) groups is 1. The summed E-state index contributed by atoms with van der Waals surface area (Å²) in [4.78, 5) is 12.5. The Balaban J connectivity index is 2.48. The Hall–Kier alpha value is -0.690. The van der Waals surface area contributed by atoms with Gasteiger partial charge in [0.05, 0.1) is 0 Å². The van der Waals surface area contributed by atoms with Gasteiger partial charge < -0.3 is 0 Å². The van der Waals surface area contributed by atoms with Gasteiger partial charge in [-0.15, -0.1) is 0 Å². The van der Waals surface area contributed by atoms with Crippen LogP contribution >= 0.6 is 38.5 Å². The minimum atomic E-state index is 0.00639. The molecule has 0 bridgehead atoms. The van der Waals surface area contributed by atoms with E-state index in [1.807, 2.05) is 32.0 Å². The lowest BCUT2D eigenvalue weighted by Crippen LogP contribution is -2.14. The lowest BCUT2D eigenvalue weighted by atomic mass is 10.1. The third-order valence-electron chi connectivity index (χ3n) is 2.57. The highest BCUT2D eigenvalue weighted by atomic mass is 127. The minimum Gasteiger partial charge on any atom is -0.287 e. The number of carbonyl (C=O) groups excluding carboxylic acids is 1. The van der Waals surface area contributed by atoms with Crippen LogP contribution in [0.1, 0.15) is 35.9 Å². The molecule has 2 aromatic rings. The topological polar surface area (TPSA) is 34.9 Å². The van der Waals surface area contributed by atoms with E-state index in [0.717, 1.165) is 8.04 Å². The van der Waals surface area contributed by atoms with Crippen molar-refractivity contribution in [2.75, 3.05) is 0 Å². The van der Waals surface area contributed by atoms with Gasteiger partial charge in [-0.2, -0.15) is 5.10 Å². The van der Waals surface area contributed by atoms with Crippen molar-refractivity contribution < 1.29 is 4.79 Å². The predicted octanol–water partition coefficient (Wildman–Crippen LogP) is 4.06. The zero-order valence-electron chi connectivity index (χ0n) is 10.0. The summed E-state index contributed by atoms with van der Waals surface area (Å²) >= 11 is 5.57. The Bertz CT molecular complexity index is 592. The molecule has 1 heterocycles. The number of nitrogens with zero attached hydrogens (tertiary/aromatic N) is 2. The zero-order chi connectivity index (χ0) is 13.3. The van der Waals surface area contributed by atoms with Gasteiger partial charge in [0.2, 0.25) is 5.78 Å². The molecule has 0 aliphatic carbocycles. The van der Waals surface area contributed by atoms with E-state index in [1.54, 1.807) is 16.9 Å². The Labute approximate surface area is 128 Å². The number of benzene rings is 1. The summed E-state index contributed by atoms with van der Waals surface area (Å²) in [6, 6.07) is 7.64.